The van der Waals surface area contributed by atoms with Crippen LogP contribution in [0.2, 0.25) is 0 Å². The maximum atomic E-state index is 5.50. The van der Waals surface area contributed by atoms with E-state index < -0.39 is 0 Å². The minimum Gasteiger partial charge on any atom is -0.378 e. The van der Waals surface area contributed by atoms with Crippen molar-refractivity contribution in [1.29, 1.82) is 0 Å². The molecule has 1 saturated carbocycles. The monoisotopic (exact) mass is 387 g/mol. The van der Waals surface area contributed by atoms with Crippen LogP contribution in [0.5, 0.6) is 0 Å². The molecule has 0 atom stereocenters. The molecule has 4 rings (SSSR count). The zero-order chi connectivity index (χ0) is 18.9. The Balaban J connectivity index is 1.59. The second-order valence-corrected chi connectivity index (χ2v) is 9.63. The number of rotatable bonds is 4. The minimum absolute atomic E-state index is 0.465. The molecule has 1 N–H and O–H groups in total. The summed E-state index contributed by atoms with van der Waals surface area (Å²) in [6, 6.07) is 2.58. The molecule has 0 unspecified atom stereocenters. The topological polar surface area (TPSA) is 63.2 Å². The van der Waals surface area contributed by atoms with Gasteiger partial charge in [-0.05, 0) is 38.0 Å². The highest BCUT2D eigenvalue weighted by molar-refractivity contribution is 7.14. The highest BCUT2D eigenvalue weighted by Crippen LogP contribution is 2.36. The van der Waals surface area contributed by atoms with Gasteiger partial charge in [0.15, 0.2) is 10.8 Å². The van der Waals surface area contributed by atoms with Crippen LogP contribution in [-0.2, 0) is 4.74 Å². The van der Waals surface area contributed by atoms with E-state index in [1.165, 1.54) is 30.6 Å². The number of ether oxygens (including phenoxy) is 1. The molecule has 1 aliphatic carbocycles. The van der Waals surface area contributed by atoms with Gasteiger partial charge in [-0.3, -0.25) is 0 Å². The number of nitrogens with one attached hydrogen (secondary N) is 1. The van der Waals surface area contributed by atoms with Gasteiger partial charge in [-0.2, -0.15) is 0 Å². The molecular formula is C20H29N5OS. The largest absolute Gasteiger partial charge is 0.378 e. The number of aryl methyl sites for hydroxylation is 1. The Morgan fingerprint density at radius 2 is 1.93 bits per heavy atom. The van der Waals surface area contributed by atoms with E-state index in [0.29, 0.717) is 11.5 Å². The number of morpholine rings is 1. The molecule has 1 aliphatic heterocycles. The first kappa shape index (κ1) is 18.6. The number of nitrogens with zero attached hydrogens (tertiary/aromatic N) is 4. The first-order valence-electron chi connectivity index (χ1n) is 9.90. The summed E-state index contributed by atoms with van der Waals surface area (Å²) in [5, 5.41) is 4.57. The number of aromatic nitrogens is 3. The molecule has 0 aromatic carbocycles. The lowest BCUT2D eigenvalue weighted by atomic mass is 9.75. The molecule has 0 bridgehead atoms. The molecule has 2 aromatic rings. The quantitative estimate of drug-likeness (QED) is 0.851. The van der Waals surface area contributed by atoms with Crippen molar-refractivity contribution >= 4 is 23.0 Å². The Morgan fingerprint density at radius 3 is 2.59 bits per heavy atom. The van der Waals surface area contributed by atoms with E-state index in [1.54, 1.807) is 11.3 Å². The maximum absolute atomic E-state index is 5.50. The number of hydrogen-bond donors (Lipinski definition) is 1. The summed E-state index contributed by atoms with van der Waals surface area (Å²) in [5.41, 5.74) is 0.465. The second-order valence-electron chi connectivity index (χ2n) is 8.39. The van der Waals surface area contributed by atoms with Gasteiger partial charge in [0.05, 0.1) is 13.2 Å². The molecule has 6 nitrogen and oxygen atoms in total. The summed E-state index contributed by atoms with van der Waals surface area (Å²) in [5.74, 6) is 2.60. The average Bonchev–Trinajstić information content (AvgIpc) is 3.10. The molecule has 27 heavy (non-hydrogen) atoms. The summed E-state index contributed by atoms with van der Waals surface area (Å²) < 4.78 is 5.50. The van der Waals surface area contributed by atoms with E-state index in [9.17, 15) is 0 Å². The van der Waals surface area contributed by atoms with Crippen LogP contribution in [0.1, 0.15) is 44.4 Å². The molecule has 3 heterocycles. The Hall–Kier alpha value is -1.73. The first-order chi connectivity index (χ1) is 13.0. The fourth-order valence-electron chi connectivity index (χ4n) is 3.77. The Bertz CT molecular complexity index is 774. The van der Waals surface area contributed by atoms with Gasteiger partial charge in [0.2, 0.25) is 0 Å². The van der Waals surface area contributed by atoms with E-state index in [4.69, 9.17) is 14.7 Å². The van der Waals surface area contributed by atoms with Crippen molar-refractivity contribution in [3.05, 3.63) is 17.1 Å². The van der Waals surface area contributed by atoms with Crippen molar-refractivity contribution in [1.82, 2.24) is 15.0 Å². The van der Waals surface area contributed by atoms with Crippen LogP contribution in [0.25, 0.3) is 10.8 Å². The summed E-state index contributed by atoms with van der Waals surface area (Å²) in [4.78, 5) is 17.6. The van der Waals surface area contributed by atoms with Gasteiger partial charge < -0.3 is 15.0 Å². The zero-order valence-electron chi connectivity index (χ0n) is 16.5. The van der Waals surface area contributed by atoms with Crippen molar-refractivity contribution in [2.45, 2.75) is 52.5 Å². The Kier molecular flexibility index (Phi) is 5.32. The molecule has 1 saturated heterocycles. The highest BCUT2D eigenvalue weighted by atomic mass is 32.1. The number of thiazole rings is 1. The predicted molar refractivity (Wildman–Crippen MR) is 111 cm³/mol. The Morgan fingerprint density at radius 1 is 1.19 bits per heavy atom. The third-order valence-electron chi connectivity index (χ3n) is 5.55. The van der Waals surface area contributed by atoms with Crippen molar-refractivity contribution in [2.24, 2.45) is 5.41 Å². The molecule has 0 spiro atoms. The maximum Gasteiger partial charge on any atom is 0.192 e. The van der Waals surface area contributed by atoms with Gasteiger partial charge in [-0.15, -0.1) is 11.3 Å². The summed E-state index contributed by atoms with van der Waals surface area (Å²) >= 11 is 1.64. The van der Waals surface area contributed by atoms with Crippen molar-refractivity contribution in [3.8, 4) is 10.8 Å². The molecule has 146 valence electrons. The van der Waals surface area contributed by atoms with Crippen LogP contribution in [-0.4, -0.2) is 47.3 Å². The second kappa shape index (κ2) is 7.72. The van der Waals surface area contributed by atoms with Crippen molar-refractivity contribution in [2.75, 3.05) is 36.5 Å². The normalized spacial score (nSPS) is 20.6. The number of anilines is 2. The first-order valence-corrected chi connectivity index (χ1v) is 10.7. The van der Waals surface area contributed by atoms with Crippen LogP contribution in [0.15, 0.2) is 12.3 Å². The van der Waals surface area contributed by atoms with E-state index in [0.717, 1.165) is 48.8 Å². The van der Waals surface area contributed by atoms with Gasteiger partial charge in [-0.25, -0.2) is 15.0 Å². The fraction of sp³-hybridized carbons (Fsp3) is 0.650. The zero-order valence-corrected chi connectivity index (χ0v) is 17.3. The van der Waals surface area contributed by atoms with Gasteiger partial charge >= 0.3 is 0 Å². The van der Waals surface area contributed by atoms with E-state index in [2.05, 4.69) is 42.0 Å². The molecule has 0 amide bonds. The fourth-order valence-corrected chi connectivity index (χ4v) is 4.47. The van der Waals surface area contributed by atoms with Crippen LogP contribution in [0.3, 0.4) is 0 Å². The third-order valence-corrected chi connectivity index (χ3v) is 6.46. The smallest absolute Gasteiger partial charge is 0.192 e. The van der Waals surface area contributed by atoms with Crippen molar-refractivity contribution < 1.29 is 4.74 Å². The summed E-state index contributed by atoms with van der Waals surface area (Å²) in [6.07, 6.45) is 6.78. The van der Waals surface area contributed by atoms with E-state index >= 15 is 0 Å². The lowest BCUT2D eigenvalue weighted by molar-refractivity contribution is 0.122. The van der Waals surface area contributed by atoms with Crippen LogP contribution >= 0.6 is 11.3 Å². The van der Waals surface area contributed by atoms with Gasteiger partial charge in [-0.1, -0.05) is 13.8 Å². The molecule has 2 fully saturated rings. The third kappa shape index (κ3) is 4.58. The minimum atomic E-state index is 0.465. The lowest BCUT2D eigenvalue weighted by Gasteiger charge is -2.35. The molecule has 7 heteroatoms. The van der Waals surface area contributed by atoms with Crippen LogP contribution in [0, 0.1) is 12.3 Å². The predicted octanol–water partition coefficient (Wildman–Crippen LogP) is 4.13. The summed E-state index contributed by atoms with van der Waals surface area (Å²) in [7, 11) is 0. The van der Waals surface area contributed by atoms with Crippen molar-refractivity contribution in [3.63, 3.8) is 0 Å². The van der Waals surface area contributed by atoms with E-state index in [-0.39, 0.29) is 0 Å². The summed E-state index contributed by atoms with van der Waals surface area (Å²) in [6.45, 7) is 10.0. The van der Waals surface area contributed by atoms with Gasteiger partial charge in [0.25, 0.3) is 0 Å². The van der Waals surface area contributed by atoms with Crippen LogP contribution < -0.4 is 10.2 Å². The average molecular weight is 388 g/mol. The standard InChI is InChI=1S/C20H29N5OS/c1-14-13-21-19(27-14)18-23-16(22-15-4-6-20(2,3)7-5-15)12-17(24-18)25-8-10-26-11-9-25/h12-13,15H,4-11H2,1-3H3,(H,22,23,24). The van der Waals surface area contributed by atoms with Gasteiger partial charge in [0, 0.05) is 36.3 Å². The molecule has 2 aromatic heterocycles. The number of hydrogen-bond acceptors (Lipinski definition) is 7. The van der Waals surface area contributed by atoms with E-state index in [1.807, 2.05) is 6.20 Å². The molecule has 2 aliphatic rings. The molecular weight excluding hydrogens is 358 g/mol. The Labute approximate surface area is 165 Å². The highest BCUT2D eigenvalue weighted by Gasteiger charge is 2.27. The molecule has 0 radical (unpaired) electrons. The van der Waals surface area contributed by atoms with Gasteiger partial charge in [0.1, 0.15) is 11.6 Å². The lowest BCUT2D eigenvalue weighted by Crippen LogP contribution is -2.37. The van der Waals surface area contributed by atoms with Crippen LogP contribution in [0.4, 0.5) is 11.6 Å². The SMILES string of the molecule is Cc1cnc(-c2nc(NC3CCC(C)(C)CC3)cc(N3CCOCC3)n2)s1.